The summed E-state index contributed by atoms with van der Waals surface area (Å²) >= 11 is 0. The zero-order valence-electron chi connectivity index (χ0n) is 8.68. The molecule has 1 amide bonds. The highest BCUT2D eigenvalue weighted by Gasteiger charge is 2.15. The van der Waals surface area contributed by atoms with E-state index in [0.29, 0.717) is 13.0 Å². The molecule has 5 heteroatoms. The van der Waals surface area contributed by atoms with Gasteiger partial charge in [0.1, 0.15) is 0 Å². The summed E-state index contributed by atoms with van der Waals surface area (Å²) in [6.07, 6.45) is 1.51. The third-order valence-electron chi connectivity index (χ3n) is 1.80. The van der Waals surface area contributed by atoms with Crippen molar-refractivity contribution in [2.45, 2.75) is 13.3 Å². The third-order valence-corrected chi connectivity index (χ3v) is 1.80. The lowest BCUT2D eigenvalue weighted by molar-refractivity contribution is 0.0949. The Morgan fingerprint density at radius 2 is 2.31 bits per heavy atom. The zero-order chi connectivity index (χ0) is 12.0. The molecule has 0 saturated heterocycles. The molecule has 1 rings (SSSR count). The van der Waals surface area contributed by atoms with Crippen LogP contribution in [0.2, 0.25) is 0 Å². The van der Waals surface area contributed by atoms with Gasteiger partial charge in [-0.15, -0.1) is 11.8 Å². The number of aromatic nitrogens is 1. The number of hydrogen-bond donors (Lipinski definition) is 1. The topological polar surface area (TPSA) is 42.0 Å². The Morgan fingerprint density at radius 3 is 3.00 bits per heavy atom. The van der Waals surface area contributed by atoms with Crippen LogP contribution >= 0.6 is 0 Å². The fourth-order valence-corrected chi connectivity index (χ4v) is 1.05. The van der Waals surface area contributed by atoms with Crippen LogP contribution < -0.4 is 5.32 Å². The number of nitrogens with one attached hydrogen (secondary N) is 1. The average molecular weight is 224 g/mol. The van der Waals surface area contributed by atoms with Gasteiger partial charge in [-0.3, -0.25) is 4.79 Å². The molecule has 1 aromatic rings. The molecule has 0 saturated carbocycles. The molecule has 1 N–H and O–H groups in total. The SMILES string of the molecule is CC#CCCNC(=O)c1ccnc(F)c1F. The average Bonchev–Trinajstić information content (AvgIpc) is 2.28. The Bertz CT molecular complexity index is 449. The van der Waals surface area contributed by atoms with Crippen LogP contribution in [0.5, 0.6) is 0 Å². The first-order valence-corrected chi connectivity index (χ1v) is 4.64. The molecule has 0 bridgehead atoms. The van der Waals surface area contributed by atoms with Gasteiger partial charge < -0.3 is 5.32 Å². The van der Waals surface area contributed by atoms with E-state index < -0.39 is 17.7 Å². The van der Waals surface area contributed by atoms with Crippen LogP contribution in [0.3, 0.4) is 0 Å². The van der Waals surface area contributed by atoms with Gasteiger partial charge in [0, 0.05) is 19.2 Å². The molecule has 0 aliphatic heterocycles. The van der Waals surface area contributed by atoms with E-state index in [1.54, 1.807) is 6.92 Å². The molecule has 0 unspecified atom stereocenters. The van der Waals surface area contributed by atoms with Crippen molar-refractivity contribution < 1.29 is 13.6 Å². The zero-order valence-corrected chi connectivity index (χ0v) is 8.68. The quantitative estimate of drug-likeness (QED) is 0.480. The van der Waals surface area contributed by atoms with Gasteiger partial charge in [0.05, 0.1) is 5.56 Å². The Morgan fingerprint density at radius 1 is 1.56 bits per heavy atom. The number of rotatable bonds is 3. The van der Waals surface area contributed by atoms with Crippen LogP contribution in [-0.2, 0) is 0 Å². The van der Waals surface area contributed by atoms with Crippen LogP contribution in [-0.4, -0.2) is 17.4 Å². The van der Waals surface area contributed by atoms with Gasteiger partial charge in [-0.05, 0) is 13.0 Å². The molecular weight excluding hydrogens is 214 g/mol. The van der Waals surface area contributed by atoms with Crippen molar-refractivity contribution in [3.63, 3.8) is 0 Å². The van der Waals surface area contributed by atoms with Crippen molar-refractivity contribution in [2.75, 3.05) is 6.54 Å². The van der Waals surface area contributed by atoms with Crippen molar-refractivity contribution in [3.8, 4) is 11.8 Å². The van der Waals surface area contributed by atoms with Gasteiger partial charge >= 0.3 is 0 Å². The maximum atomic E-state index is 13.1. The lowest BCUT2D eigenvalue weighted by Gasteiger charge is -2.03. The Balaban J connectivity index is 2.65. The van der Waals surface area contributed by atoms with Crippen molar-refractivity contribution in [1.82, 2.24) is 10.3 Å². The van der Waals surface area contributed by atoms with Crippen LogP contribution in [0.15, 0.2) is 12.3 Å². The van der Waals surface area contributed by atoms with Crippen molar-refractivity contribution in [1.29, 1.82) is 0 Å². The number of amides is 1. The molecule has 3 nitrogen and oxygen atoms in total. The van der Waals surface area contributed by atoms with Gasteiger partial charge in [0.2, 0.25) is 5.95 Å². The Labute approximate surface area is 91.9 Å². The van der Waals surface area contributed by atoms with E-state index in [0.717, 1.165) is 12.3 Å². The summed E-state index contributed by atoms with van der Waals surface area (Å²) in [5.41, 5.74) is -0.350. The van der Waals surface area contributed by atoms with Crippen LogP contribution in [0.25, 0.3) is 0 Å². The molecule has 1 aromatic heterocycles. The van der Waals surface area contributed by atoms with Gasteiger partial charge in [-0.2, -0.15) is 4.39 Å². The predicted molar refractivity (Wildman–Crippen MR) is 54.6 cm³/mol. The van der Waals surface area contributed by atoms with Gasteiger partial charge in [-0.1, -0.05) is 0 Å². The van der Waals surface area contributed by atoms with E-state index in [-0.39, 0.29) is 5.56 Å². The number of carbonyl (C=O) groups excluding carboxylic acids is 1. The van der Waals surface area contributed by atoms with Crippen LogP contribution in [0.4, 0.5) is 8.78 Å². The molecule has 0 radical (unpaired) electrons. The van der Waals surface area contributed by atoms with Crippen molar-refractivity contribution >= 4 is 5.91 Å². The lowest BCUT2D eigenvalue weighted by atomic mass is 10.2. The molecular formula is C11H10F2N2O. The standard InChI is InChI=1S/C11H10F2N2O/c1-2-3-4-6-15-11(16)8-5-7-14-10(13)9(8)12/h5,7H,4,6H2,1H3,(H,15,16). The molecule has 0 aromatic carbocycles. The Hall–Kier alpha value is -1.96. The van der Waals surface area contributed by atoms with Gasteiger partial charge in [-0.25, -0.2) is 9.37 Å². The first-order chi connectivity index (χ1) is 7.66. The number of carbonyl (C=O) groups is 1. The molecule has 0 atom stereocenters. The minimum atomic E-state index is -1.28. The number of pyridine rings is 1. The summed E-state index contributed by atoms with van der Waals surface area (Å²) in [4.78, 5) is 14.5. The largest absolute Gasteiger partial charge is 0.351 e. The second kappa shape index (κ2) is 5.81. The number of nitrogens with zero attached hydrogens (tertiary/aromatic N) is 1. The van der Waals surface area contributed by atoms with E-state index in [4.69, 9.17) is 0 Å². The minimum absolute atomic E-state index is 0.295. The van der Waals surface area contributed by atoms with Gasteiger partial charge in [0.25, 0.3) is 5.91 Å². The summed E-state index contributed by atoms with van der Waals surface area (Å²) in [6.45, 7) is 1.97. The second-order valence-electron chi connectivity index (χ2n) is 2.90. The first-order valence-electron chi connectivity index (χ1n) is 4.64. The lowest BCUT2D eigenvalue weighted by Crippen LogP contribution is -2.25. The van der Waals surface area contributed by atoms with E-state index in [1.165, 1.54) is 0 Å². The molecule has 1 heterocycles. The third kappa shape index (κ3) is 3.02. The van der Waals surface area contributed by atoms with Crippen molar-refractivity contribution in [3.05, 3.63) is 29.6 Å². The highest BCUT2D eigenvalue weighted by Crippen LogP contribution is 2.08. The fourth-order valence-electron chi connectivity index (χ4n) is 1.05. The maximum absolute atomic E-state index is 13.1. The molecule has 0 fully saturated rings. The summed E-state index contributed by atoms with van der Waals surface area (Å²) in [6, 6.07) is 1.12. The minimum Gasteiger partial charge on any atom is -0.351 e. The first kappa shape index (κ1) is 12.1. The molecule has 16 heavy (non-hydrogen) atoms. The molecule has 0 aliphatic carbocycles. The molecule has 0 spiro atoms. The fraction of sp³-hybridized carbons (Fsp3) is 0.273. The van der Waals surface area contributed by atoms with Crippen LogP contribution in [0.1, 0.15) is 23.7 Å². The van der Waals surface area contributed by atoms with E-state index in [9.17, 15) is 13.6 Å². The highest BCUT2D eigenvalue weighted by atomic mass is 19.2. The van der Waals surface area contributed by atoms with Crippen molar-refractivity contribution in [2.24, 2.45) is 0 Å². The number of halogens is 2. The van der Waals surface area contributed by atoms with Crippen LogP contribution in [0, 0.1) is 23.6 Å². The van der Waals surface area contributed by atoms with E-state index >= 15 is 0 Å². The maximum Gasteiger partial charge on any atom is 0.254 e. The second-order valence-corrected chi connectivity index (χ2v) is 2.90. The van der Waals surface area contributed by atoms with E-state index in [2.05, 4.69) is 22.1 Å². The molecule has 0 aliphatic rings. The predicted octanol–water partition coefficient (Wildman–Crippen LogP) is 1.50. The smallest absolute Gasteiger partial charge is 0.254 e. The number of hydrogen-bond acceptors (Lipinski definition) is 2. The summed E-state index contributed by atoms with van der Waals surface area (Å²) in [5.74, 6) is 2.21. The monoisotopic (exact) mass is 224 g/mol. The summed E-state index contributed by atoms with van der Waals surface area (Å²) < 4.78 is 25.8. The van der Waals surface area contributed by atoms with E-state index in [1.807, 2.05) is 0 Å². The highest BCUT2D eigenvalue weighted by molar-refractivity contribution is 5.94. The summed E-state index contributed by atoms with van der Waals surface area (Å²) in [5, 5.41) is 2.43. The van der Waals surface area contributed by atoms with Gasteiger partial charge in [0.15, 0.2) is 5.82 Å². The summed E-state index contributed by atoms with van der Waals surface area (Å²) in [7, 11) is 0. The Kier molecular flexibility index (Phi) is 4.40. The molecule has 84 valence electrons. The normalized spacial score (nSPS) is 9.19.